The molecule has 0 bridgehead atoms. The third kappa shape index (κ3) is 3.93. The van der Waals surface area contributed by atoms with Gasteiger partial charge in [-0.25, -0.2) is 8.42 Å². The molecule has 0 aromatic heterocycles. The van der Waals surface area contributed by atoms with Crippen LogP contribution in [0.2, 0.25) is 0 Å². The fraction of sp³-hybridized carbons (Fsp3) is 0.897. The van der Waals surface area contributed by atoms with E-state index >= 15 is 0 Å². The summed E-state index contributed by atoms with van der Waals surface area (Å²) < 4.78 is 33.9. The second-order valence-corrected chi connectivity index (χ2v) is 15.9. The van der Waals surface area contributed by atoms with Crippen molar-refractivity contribution in [3.63, 3.8) is 0 Å². The number of hydrogen-bond donors (Lipinski definition) is 0. The maximum atomic E-state index is 12.6. The zero-order valence-corrected chi connectivity index (χ0v) is 23.8. The summed E-state index contributed by atoms with van der Waals surface area (Å²) in [5, 5.41) is 0. The molecule has 3 aliphatic heterocycles. The van der Waals surface area contributed by atoms with Crippen molar-refractivity contribution in [2.75, 3.05) is 26.4 Å². The highest BCUT2D eigenvalue weighted by molar-refractivity contribution is 7.88. The number of carbonyl (C=O) groups is 1. The van der Waals surface area contributed by atoms with Crippen LogP contribution >= 0.6 is 0 Å². The second-order valence-electron chi connectivity index (χ2n) is 13.9. The average Bonchev–Trinajstić information content (AvgIpc) is 3.28. The monoisotopic (exact) mass is 518 g/mol. The molecular weight excluding hydrogens is 472 g/mol. The SMILES string of the molecule is CC1=C2CC3C(CCC4CN(C)C(=O)CCC43C)C2CCC2(C1)CC1C(CC(C)CN1S(C)(=O)=O)O2. The van der Waals surface area contributed by atoms with E-state index in [0.29, 0.717) is 42.5 Å². The molecule has 3 saturated heterocycles. The number of ether oxygens (including phenoxy) is 1. The van der Waals surface area contributed by atoms with Crippen molar-refractivity contribution in [3.8, 4) is 0 Å². The van der Waals surface area contributed by atoms with E-state index in [9.17, 15) is 13.2 Å². The Morgan fingerprint density at radius 3 is 2.64 bits per heavy atom. The first-order chi connectivity index (χ1) is 16.9. The minimum absolute atomic E-state index is 0.00504. The van der Waals surface area contributed by atoms with Gasteiger partial charge in [0.05, 0.1) is 24.0 Å². The minimum Gasteiger partial charge on any atom is -0.370 e. The number of piperidine rings is 1. The van der Waals surface area contributed by atoms with Crippen molar-refractivity contribution >= 4 is 15.9 Å². The third-order valence-corrected chi connectivity index (χ3v) is 13.0. The predicted octanol–water partition coefficient (Wildman–Crippen LogP) is 4.61. The molecule has 2 saturated carbocycles. The van der Waals surface area contributed by atoms with Gasteiger partial charge in [0, 0.05) is 26.6 Å². The highest BCUT2D eigenvalue weighted by atomic mass is 32.2. The van der Waals surface area contributed by atoms with E-state index in [4.69, 9.17) is 4.74 Å². The maximum Gasteiger partial charge on any atom is 0.222 e. The van der Waals surface area contributed by atoms with Crippen molar-refractivity contribution in [1.82, 2.24) is 9.21 Å². The van der Waals surface area contributed by atoms with Gasteiger partial charge in [-0.1, -0.05) is 25.0 Å². The fourth-order valence-corrected chi connectivity index (χ4v) is 11.2. The fourth-order valence-electron chi connectivity index (χ4n) is 9.92. The van der Waals surface area contributed by atoms with Crippen molar-refractivity contribution in [2.24, 2.45) is 35.0 Å². The summed E-state index contributed by atoms with van der Waals surface area (Å²) in [5.74, 6) is 3.33. The predicted molar refractivity (Wildman–Crippen MR) is 141 cm³/mol. The van der Waals surface area contributed by atoms with E-state index in [-0.39, 0.29) is 23.2 Å². The Kier molecular flexibility index (Phi) is 6.02. The average molecular weight is 519 g/mol. The quantitative estimate of drug-likeness (QED) is 0.476. The number of likely N-dealkylation sites (tertiary alicyclic amines) is 1. The first-order valence-electron chi connectivity index (χ1n) is 14.5. The van der Waals surface area contributed by atoms with Gasteiger partial charge in [0.2, 0.25) is 15.9 Å². The summed E-state index contributed by atoms with van der Waals surface area (Å²) in [4.78, 5) is 14.6. The molecule has 7 heteroatoms. The largest absolute Gasteiger partial charge is 0.370 e. The number of allylic oxidation sites excluding steroid dienone is 1. The van der Waals surface area contributed by atoms with Crippen molar-refractivity contribution in [3.05, 3.63) is 11.1 Å². The highest BCUT2D eigenvalue weighted by Crippen LogP contribution is 2.63. The van der Waals surface area contributed by atoms with E-state index in [0.717, 1.165) is 44.6 Å². The molecule has 5 fully saturated rings. The number of hydrogen-bond acceptors (Lipinski definition) is 4. The molecule has 0 aromatic carbocycles. The maximum absolute atomic E-state index is 12.6. The minimum atomic E-state index is -3.24. The summed E-state index contributed by atoms with van der Waals surface area (Å²) >= 11 is 0. The first kappa shape index (κ1) is 25.4. The Morgan fingerprint density at radius 1 is 1.11 bits per heavy atom. The lowest BCUT2D eigenvalue weighted by Gasteiger charge is -2.49. The van der Waals surface area contributed by atoms with Gasteiger partial charge in [-0.05, 0) is 99.7 Å². The van der Waals surface area contributed by atoms with Gasteiger partial charge in [0.15, 0.2) is 0 Å². The molecule has 6 rings (SSSR count). The van der Waals surface area contributed by atoms with Crippen LogP contribution < -0.4 is 0 Å². The molecule has 36 heavy (non-hydrogen) atoms. The van der Waals surface area contributed by atoms with E-state index in [1.54, 1.807) is 9.88 Å². The van der Waals surface area contributed by atoms with Crippen LogP contribution in [0.4, 0.5) is 0 Å². The summed E-state index contributed by atoms with van der Waals surface area (Å²) in [7, 11) is -1.24. The summed E-state index contributed by atoms with van der Waals surface area (Å²) in [6, 6.07) is -0.00504. The molecule has 3 heterocycles. The Morgan fingerprint density at radius 2 is 1.89 bits per heavy atom. The van der Waals surface area contributed by atoms with Crippen LogP contribution in [0.25, 0.3) is 0 Å². The molecule has 202 valence electrons. The van der Waals surface area contributed by atoms with Crippen LogP contribution in [-0.4, -0.2) is 67.7 Å². The van der Waals surface area contributed by atoms with Crippen LogP contribution in [0, 0.1) is 35.0 Å². The molecule has 6 aliphatic rings. The normalized spacial score (nSPS) is 47.8. The zero-order chi connectivity index (χ0) is 25.6. The van der Waals surface area contributed by atoms with Crippen molar-refractivity contribution in [2.45, 2.75) is 103 Å². The molecular formula is C29H46N2O4S. The Bertz CT molecular complexity index is 1070. The lowest BCUT2D eigenvalue weighted by atomic mass is 9.55. The van der Waals surface area contributed by atoms with Gasteiger partial charge in [-0.2, -0.15) is 4.31 Å². The van der Waals surface area contributed by atoms with E-state index in [1.807, 2.05) is 11.9 Å². The van der Waals surface area contributed by atoms with Crippen molar-refractivity contribution in [1.29, 1.82) is 0 Å². The molecule has 3 aliphatic carbocycles. The summed E-state index contributed by atoms with van der Waals surface area (Å²) in [6.07, 6.45) is 11.8. The number of amides is 1. The summed E-state index contributed by atoms with van der Waals surface area (Å²) in [5.41, 5.74) is 3.26. The van der Waals surface area contributed by atoms with E-state index in [1.165, 1.54) is 37.5 Å². The molecule has 1 spiro atoms. The van der Waals surface area contributed by atoms with Crippen molar-refractivity contribution < 1.29 is 17.9 Å². The van der Waals surface area contributed by atoms with Gasteiger partial charge in [-0.3, -0.25) is 4.79 Å². The molecule has 9 unspecified atom stereocenters. The van der Waals surface area contributed by atoms with E-state index < -0.39 is 10.0 Å². The number of rotatable bonds is 1. The lowest BCUT2D eigenvalue weighted by Crippen LogP contribution is -2.51. The Hall–Kier alpha value is -0.920. The number of carbonyl (C=O) groups excluding carboxylic acids is 1. The van der Waals surface area contributed by atoms with E-state index in [2.05, 4.69) is 20.8 Å². The van der Waals surface area contributed by atoms with Crippen LogP contribution in [0.5, 0.6) is 0 Å². The Balaban J connectivity index is 1.26. The standard InChI is InChI=1S/C29H46N2O4S/c1-18-12-26-25(31(16-18)36(5,33)34)15-29(35-26)11-8-21-22-7-6-20-17-30(4)27(32)9-10-28(20,3)24(22)13-23(21)19(2)14-29/h18,20-22,24-26H,6-17H2,1-5H3. The highest BCUT2D eigenvalue weighted by Gasteiger charge is 2.58. The van der Waals surface area contributed by atoms with Crippen LogP contribution in [0.3, 0.4) is 0 Å². The molecule has 0 aromatic rings. The Labute approximate surface area is 218 Å². The smallest absolute Gasteiger partial charge is 0.222 e. The van der Waals surface area contributed by atoms with Gasteiger partial charge >= 0.3 is 0 Å². The molecule has 0 radical (unpaired) electrons. The summed E-state index contributed by atoms with van der Waals surface area (Å²) in [6.45, 7) is 8.57. The van der Waals surface area contributed by atoms with Gasteiger partial charge in [-0.15, -0.1) is 0 Å². The lowest BCUT2D eigenvalue weighted by molar-refractivity contribution is -0.129. The van der Waals surface area contributed by atoms with Crippen LogP contribution in [-0.2, 0) is 19.6 Å². The number of fused-ring (bicyclic) bond motifs is 6. The van der Waals surface area contributed by atoms with Gasteiger partial charge in [0.25, 0.3) is 0 Å². The topological polar surface area (TPSA) is 66.9 Å². The second kappa shape index (κ2) is 8.54. The van der Waals surface area contributed by atoms with Gasteiger partial charge in [0.1, 0.15) is 0 Å². The van der Waals surface area contributed by atoms with Crippen LogP contribution in [0.1, 0.15) is 85.0 Å². The van der Waals surface area contributed by atoms with Crippen LogP contribution in [0.15, 0.2) is 11.1 Å². The molecule has 9 atom stereocenters. The molecule has 0 N–H and O–H groups in total. The first-order valence-corrected chi connectivity index (χ1v) is 16.3. The number of sulfonamides is 1. The van der Waals surface area contributed by atoms with Gasteiger partial charge < -0.3 is 9.64 Å². The molecule has 1 amide bonds. The molecule has 6 nitrogen and oxygen atoms in total. The third-order valence-electron chi connectivity index (χ3n) is 11.7. The number of nitrogens with zero attached hydrogens (tertiary/aromatic N) is 2. The zero-order valence-electron chi connectivity index (χ0n) is 23.0.